The molecular formula is C21H30N2O3S. The fourth-order valence-electron chi connectivity index (χ4n) is 4.66. The molecule has 0 spiro atoms. The Morgan fingerprint density at radius 3 is 2.59 bits per heavy atom. The van der Waals surface area contributed by atoms with Crippen LogP contribution in [0.1, 0.15) is 50.5 Å². The molecule has 6 heteroatoms. The van der Waals surface area contributed by atoms with E-state index in [2.05, 4.69) is 16.9 Å². The summed E-state index contributed by atoms with van der Waals surface area (Å²) in [4.78, 5) is 11.1. The number of hydrogen-bond acceptors (Lipinski definition) is 3. The van der Waals surface area contributed by atoms with E-state index in [0.29, 0.717) is 29.1 Å². The molecule has 0 aliphatic heterocycles. The van der Waals surface area contributed by atoms with Crippen molar-refractivity contribution in [3.05, 3.63) is 42.0 Å². The number of carbonyl (C=O) groups excluding carboxylic acids is 1. The minimum Gasteiger partial charge on any atom is -0.370 e. The molecule has 3 N–H and O–H groups in total. The number of aryl methyl sites for hydroxylation is 1. The van der Waals surface area contributed by atoms with E-state index in [4.69, 9.17) is 5.73 Å². The van der Waals surface area contributed by atoms with Crippen molar-refractivity contribution in [2.75, 3.05) is 0 Å². The lowest BCUT2D eigenvalue weighted by molar-refractivity contribution is -0.118. The number of nitrogens with one attached hydrogen (secondary N) is 1. The number of primary amides is 1. The van der Waals surface area contributed by atoms with Crippen LogP contribution in [0.15, 0.2) is 41.3 Å². The summed E-state index contributed by atoms with van der Waals surface area (Å²) in [5.41, 5.74) is 6.20. The molecule has 5 nitrogen and oxygen atoms in total. The average Bonchev–Trinajstić information content (AvgIpc) is 3.20. The van der Waals surface area contributed by atoms with Crippen molar-refractivity contribution in [1.29, 1.82) is 0 Å². The van der Waals surface area contributed by atoms with Crippen LogP contribution in [0.25, 0.3) is 0 Å². The van der Waals surface area contributed by atoms with Crippen molar-refractivity contribution in [3.8, 4) is 0 Å². The van der Waals surface area contributed by atoms with Gasteiger partial charge in [-0.05, 0) is 75.3 Å². The quantitative estimate of drug-likeness (QED) is 0.501. The zero-order valence-corrected chi connectivity index (χ0v) is 16.8. The molecule has 2 saturated carbocycles. The van der Waals surface area contributed by atoms with Gasteiger partial charge in [-0.2, -0.15) is 0 Å². The second kappa shape index (κ2) is 8.57. The van der Waals surface area contributed by atoms with Gasteiger partial charge in [0.15, 0.2) is 0 Å². The third kappa shape index (κ3) is 4.99. The molecule has 3 rings (SSSR count). The lowest BCUT2D eigenvalue weighted by Gasteiger charge is -2.31. The fraction of sp³-hybridized carbons (Fsp3) is 0.571. The molecule has 1 aromatic rings. The molecule has 1 amide bonds. The van der Waals surface area contributed by atoms with E-state index in [-0.39, 0.29) is 11.9 Å². The monoisotopic (exact) mass is 390 g/mol. The van der Waals surface area contributed by atoms with Crippen molar-refractivity contribution in [1.82, 2.24) is 4.72 Å². The number of fused-ring (bicyclic) bond motifs is 2. The molecule has 1 aromatic carbocycles. The lowest BCUT2D eigenvalue weighted by Crippen LogP contribution is -2.43. The summed E-state index contributed by atoms with van der Waals surface area (Å²) < 4.78 is 28.7. The molecule has 0 aromatic heterocycles. The molecule has 2 aliphatic carbocycles. The highest BCUT2D eigenvalue weighted by Gasteiger charge is 2.48. The third-order valence-corrected chi connectivity index (χ3v) is 7.56. The number of allylic oxidation sites excluding steroid dienone is 2. The maximum Gasteiger partial charge on any atom is 0.240 e. The van der Waals surface area contributed by atoms with Crippen LogP contribution < -0.4 is 10.5 Å². The molecule has 4 atom stereocenters. The number of benzene rings is 1. The van der Waals surface area contributed by atoms with Crippen LogP contribution in [-0.4, -0.2) is 20.4 Å². The largest absolute Gasteiger partial charge is 0.370 e. The van der Waals surface area contributed by atoms with Crippen LogP contribution in [0.5, 0.6) is 0 Å². The Bertz CT molecular complexity index is 786. The number of carbonyl (C=O) groups is 1. The van der Waals surface area contributed by atoms with Crippen molar-refractivity contribution in [2.24, 2.45) is 23.5 Å². The Balaban J connectivity index is 1.62. The predicted molar refractivity (Wildman–Crippen MR) is 106 cm³/mol. The number of rotatable bonds is 9. The van der Waals surface area contributed by atoms with E-state index in [9.17, 15) is 13.2 Å². The summed E-state index contributed by atoms with van der Waals surface area (Å²) in [6, 6.07) is 7.05. The van der Waals surface area contributed by atoms with Gasteiger partial charge >= 0.3 is 0 Å². The van der Waals surface area contributed by atoms with Gasteiger partial charge < -0.3 is 5.73 Å². The van der Waals surface area contributed by atoms with Gasteiger partial charge in [0.2, 0.25) is 15.9 Å². The van der Waals surface area contributed by atoms with E-state index in [1.807, 2.05) is 19.1 Å². The van der Waals surface area contributed by atoms with Gasteiger partial charge in [-0.3, -0.25) is 4.79 Å². The second-order valence-electron chi connectivity index (χ2n) is 8.02. The topological polar surface area (TPSA) is 89.3 Å². The first-order valence-corrected chi connectivity index (χ1v) is 11.4. The molecule has 0 radical (unpaired) electrons. The lowest BCUT2D eigenvalue weighted by atomic mass is 9.83. The summed E-state index contributed by atoms with van der Waals surface area (Å²) in [5.74, 6) is 1.15. The van der Waals surface area contributed by atoms with Crippen LogP contribution in [-0.2, 0) is 14.8 Å². The van der Waals surface area contributed by atoms with Crippen molar-refractivity contribution >= 4 is 15.9 Å². The normalized spacial score (nSPS) is 27.4. The summed E-state index contributed by atoms with van der Waals surface area (Å²) in [6.45, 7) is 1.95. The second-order valence-corrected chi connectivity index (χ2v) is 9.74. The van der Waals surface area contributed by atoms with Crippen molar-refractivity contribution in [2.45, 2.75) is 62.8 Å². The molecule has 2 fully saturated rings. The van der Waals surface area contributed by atoms with Crippen LogP contribution in [0.4, 0.5) is 0 Å². The molecular weight excluding hydrogens is 360 g/mol. The van der Waals surface area contributed by atoms with Gasteiger partial charge in [0.05, 0.1) is 4.90 Å². The Kier molecular flexibility index (Phi) is 6.37. The number of nitrogens with two attached hydrogens (primary N) is 1. The minimum absolute atomic E-state index is 0.0188. The third-order valence-electron chi connectivity index (χ3n) is 6.08. The standard InChI is InChI=1S/C21H30N2O3S/c1-15-8-12-18(13-9-15)27(25,26)23-21-17-11-10-16(14-17)19(21)6-4-2-3-5-7-20(22)24/h2,4,8-9,12-13,16-17,19,21,23H,3,5-7,10-11,14H2,1H3,(H2,22,24)/t16-,17+,19+,21+/m1/s1. The Labute approximate surface area is 162 Å². The van der Waals surface area contributed by atoms with E-state index < -0.39 is 10.0 Å². The minimum atomic E-state index is -3.49. The molecule has 148 valence electrons. The fourth-order valence-corrected chi connectivity index (χ4v) is 6.02. The first kappa shape index (κ1) is 20.1. The maximum absolute atomic E-state index is 12.8. The van der Waals surface area contributed by atoms with Crippen molar-refractivity contribution in [3.63, 3.8) is 0 Å². The summed E-state index contributed by atoms with van der Waals surface area (Å²) in [7, 11) is -3.49. The van der Waals surface area contributed by atoms with Gasteiger partial charge in [-0.25, -0.2) is 13.1 Å². The molecule has 2 aliphatic rings. The summed E-state index contributed by atoms with van der Waals surface area (Å²) in [6.07, 6.45) is 10.6. The molecule has 0 unspecified atom stereocenters. The van der Waals surface area contributed by atoms with E-state index in [1.54, 1.807) is 12.1 Å². The Hall–Kier alpha value is -1.66. The SMILES string of the molecule is Cc1ccc(S(=O)(=O)N[C@H]2[C@H]3CC[C@H](C3)[C@@H]2CC=CCCCC(N)=O)cc1. The first-order valence-electron chi connectivity index (χ1n) is 9.89. The smallest absolute Gasteiger partial charge is 0.240 e. The molecule has 27 heavy (non-hydrogen) atoms. The molecule has 0 heterocycles. The highest BCUT2D eigenvalue weighted by Crippen LogP contribution is 2.50. The number of amides is 1. The zero-order chi connectivity index (χ0) is 19.4. The van der Waals surface area contributed by atoms with Gasteiger partial charge in [0, 0.05) is 12.5 Å². The number of unbranched alkanes of at least 4 members (excludes halogenated alkanes) is 1. The summed E-state index contributed by atoms with van der Waals surface area (Å²) >= 11 is 0. The number of hydrogen-bond donors (Lipinski definition) is 2. The van der Waals surface area contributed by atoms with Gasteiger partial charge in [-0.15, -0.1) is 0 Å². The van der Waals surface area contributed by atoms with Crippen LogP contribution in [0.3, 0.4) is 0 Å². The first-order chi connectivity index (χ1) is 12.9. The molecule has 2 bridgehead atoms. The summed E-state index contributed by atoms with van der Waals surface area (Å²) in [5, 5.41) is 0. The van der Waals surface area contributed by atoms with Gasteiger partial charge in [-0.1, -0.05) is 29.8 Å². The average molecular weight is 391 g/mol. The Morgan fingerprint density at radius 1 is 1.19 bits per heavy atom. The van der Waals surface area contributed by atoms with Crippen LogP contribution >= 0.6 is 0 Å². The van der Waals surface area contributed by atoms with Gasteiger partial charge in [0.25, 0.3) is 0 Å². The zero-order valence-electron chi connectivity index (χ0n) is 15.9. The highest BCUT2D eigenvalue weighted by atomic mass is 32.2. The maximum atomic E-state index is 12.8. The van der Waals surface area contributed by atoms with Crippen molar-refractivity contribution < 1.29 is 13.2 Å². The van der Waals surface area contributed by atoms with Crippen LogP contribution in [0.2, 0.25) is 0 Å². The predicted octanol–water partition coefficient (Wildman–Crippen LogP) is 3.29. The van der Waals surface area contributed by atoms with E-state index >= 15 is 0 Å². The number of sulfonamides is 1. The van der Waals surface area contributed by atoms with Crippen LogP contribution in [0, 0.1) is 24.7 Å². The van der Waals surface area contributed by atoms with E-state index in [0.717, 1.165) is 37.7 Å². The molecule has 0 saturated heterocycles. The van der Waals surface area contributed by atoms with E-state index in [1.165, 1.54) is 6.42 Å². The Morgan fingerprint density at radius 2 is 1.89 bits per heavy atom. The highest BCUT2D eigenvalue weighted by molar-refractivity contribution is 7.89. The van der Waals surface area contributed by atoms with Gasteiger partial charge in [0.1, 0.15) is 0 Å².